The Kier molecular flexibility index (Phi) is 29.7. The molecule has 14 atom stereocenters. The molecule has 2 saturated heterocycles. The number of carbonyl (C=O) groups excluding carboxylic acids is 12. The van der Waals surface area contributed by atoms with Crippen LogP contribution in [-0.4, -0.2) is 205 Å². The van der Waals surface area contributed by atoms with Gasteiger partial charge in [-0.05, 0) is 104 Å². The predicted molar refractivity (Wildman–Crippen MR) is 383 cm³/mol. The minimum absolute atomic E-state index is 0.0258. The SMILES string of the molecule is C/C=C\c1ccccc1/C=C/C(=O)NC1C(=O)NC(C)C(=O)NC(CC(=O)O)C(=O)NCC(=O)NC(C(O)c2ccccc2)C(=O)N2CCCC2C(=O)NC(C(O)c2ccc(OC)cc2)C(=O)NC(Cc2c[nH]c3ccccc23)C(=O)NC(O)C(=O)NC(CC(C)C)C(=O)NC(C(O)C(C)C)C(=O)OC1C. The number of hydrogen-bond donors (Lipinski definition) is 16. The van der Waals surface area contributed by atoms with Gasteiger partial charge in [0.1, 0.15) is 72.4 Å². The standard InChI is InChI=1S/C74H92N12O20/c1-9-18-42-19-13-14-20-43(42)28-31-54(87)81-57-41(7)106-74(104)60(61(91)39(4)5)84-66(96)50(33-38(2)3)80-71(101)72(102)85-67(97)51(34-46-36-75-49-24-16-15-23-48(46)49)79-70(100)58(62(92)45-26-29-47(105-8)30-27-45)83-68(98)53-25-17-32-86(53)73(103)59(63(93)44-21-11-10-12-22-44)82-55(88)37-76-65(95)52(35-56(89)90)78-64(94)40(6)77-69(57)99/h9-16,18-24,26-31,36,38-41,50-53,57-63,72,75,91-93,102H,17,25,32-35,37H2,1-8H3,(H,76,95)(H,77,99)(H,78,94)(H,79,100)(H,80,101)(H,81,87)(H,82,88)(H,83,98)(H,84,96)(H,85,97)(H,89,90)/b18-9-,31-28+. The fraction of sp³-hybridized carbons (Fsp3) is 0.419. The molecule has 4 aromatic carbocycles. The van der Waals surface area contributed by atoms with Crippen molar-refractivity contribution in [1.29, 1.82) is 0 Å². The summed E-state index contributed by atoms with van der Waals surface area (Å²) >= 11 is 0. The zero-order chi connectivity index (χ0) is 77.6. The number of nitrogens with one attached hydrogen (secondary N) is 11. The van der Waals surface area contributed by atoms with Crippen molar-refractivity contribution in [2.24, 2.45) is 11.8 Å². The van der Waals surface area contributed by atoms with Crippen molar-refractivity contribution in [3.63, 3.8) is 0 Å². The van der Waals surface area contributed by atoms with Gasteiger partial charge in [-0.15, -0.1) is 0 Å². The smallest absolute Gasteiger partial charge is 0.331 e. The largest absolute Gasteiger partial charge is 0.497 e. The van der Waals surface area contributed by atoms with Gasteiger partial charge in [-0.25, -0.2) is 4.79 Å². The number of H-pyrrole nitrogens is 1. The van der Waals surface area contributed by atoms with E-state index in [0.29, 0.717) is 33.3 Å². The van der Waals surface area contributed by atoms with Gasteiger partial charge < -0.3 is 98.1 Å². The fourth-order valence-electron chi connectivity index (χ4n) is 11.9. The van der Waals surface area contributed by atoms with Crippen molar-refractivity contribution in [1.82, 2.24) is 63.1 Å². The van der Waals surface area contributed by atoms with Gasteiger partial charge in [-0.1, -0.05) is 125 Å². The van der Waals surface area contributed by atoms with Crippen LogP contribution in [-0.2, 0) is 73.5 Å². The van der Waals surface area contributed by atoms with E-state index in [2.05, 4.69) is 58.2 Å². The zero-order valence-corrected chi connectivity index (χ0v) is 59.7. The summed E-state index contributed by atoms with van der Waals surface area (Å²) in [5.41, 5.74) is 2.37. The van der Waals surface area contributed by atoms with Crippen LogP contribution in [0.5, 0.6) is 5.75 Å². The van der Waals surface area contributed by atoms with Crippen LogP contribution in [0, 0.1) is 11.8 Å². The number of allylic oxidation sites excluding steroid dienone is 1. The molecule has 568 valence electrons. The molecule has 2 fully saturated rings. The number of carboxylic acids is 1. The number of amides is 11. The Hall–Kier alpha value is -11.4. The number of nitrogens with zero attached hydrogens (tertiary/aromatic N) is 1. The predicted octanol–water partition coefficient (Wildman–Crippen LogP) is -0.144. The summed E-state index contributed by atoms with van der Waals surface area (Å²) in [4.78, 5) is 190. The number of aliphatic hydroxyl groups excluding tert-OH is 4. The zero-order valence-electron chi connectivity index (χ0n) is 59.7. The minimum atomic E-state index is -2.52. The molecule has 14 unspecified atom stereocenters. The lowest BCUT2D eigenvalue weighted by Crippen LogP contribution is -2.62. The van der Waals surface area contributed by atoms with Gasteiger partial charge in [0, 0.05) is 36.1 Å². The number of benzene rings is 4. The highest BCUT2D eigenvalue weighted by Gasteiger charge is 2.45. The third kappa shape index (κ3) is 22.3. The Morgan fingerprint density at radius 2 is 1.25 bits per heavy atom. The molecule has 2 aliphatic rings. The number of methoxy groups -OCH3 is 1. The summed E-state index contributed by atoms with van der Waals surface area (Å²) in [7, 11) is 1.38. The van der Waals surface area contributed by atoms with Crippen LogP contribution in [0.25, 0.3) is 23.1 Å². The quantitative estimate of drug-likeness (QED) is 0.0425. The number of esters is 1. The van der Waals surface area contributed by atoms with Crippen LogP contribution in [0.3, 0.4) is 0 Å². The fourth-order valence-corrected chi connectivity index (χ4v) is 11.9. The lowest BCUT2D eigenvalue weighted by atomic mass is 9.97. The molecular weight excluding hydrogens is 1380 g/mol. The van der Waals surface area contributed by atoms with E-state index in [0.717, 1.165) is 24.8 Å². The number of aliphatic carboxylic acids is 1. The molecule has 0 radical (unpaired) electrons. The molecule has 0 saturated carbocycles. The third-order valence-corrected chi connectivity index (χ3v) is 17.7. The van der Waals surface area contributed by atoms with Gasteiger partial charge in [0.15, 0.2) is 6.04 Å². The number of rotatable bonds is 17. The number of carbonyl (C=O) groups is 13. The van der Waals surface area contributed by atoms with E-state index < -0.39 is 193 Å². The van der Waals surface area contributed by atoms with Gasteiger partial charge in [0.25, 0.3) is 5.91 Å². The highest BCUT2D eigenvalue weighted by molar-refractivity contribution is 6.01. The molecule has 1 aromatic heterocycles. The molecule has 7 rings (SSSR count). The Labute approximate surface area is 610 Å². The van der Waals surface area contributed by atoms with Gasteiger partial charge in [-0.3, -0.25) is 57.5 Å². The number of aromatic amines is 1. The molecule has 16 N–H and O–H groups in total. The lowest BCUT2D eigenvalue weighted by molar-refractivity contribution is -0.160. The maximum Gasteiger partial charge on any atom is 0.331 e. The van der Waals surface area contributed by atoms with Crippen molar-refractivity contribution in [2.45, 2.75) is 166 Å². The first-order chi connectivity index (χ1) is 50.4. The maximum absolute atomic E-state index is 15.1. The first-order valence-electron chi connectivity index (χ1n) is 34.5. The Bertz CT molecular complexity index is 4050. The van der Waals surface area contributed by atoms with Crippen molar-refractivity contribution in [3.05, 3.63) is 149 Å². The molecule has 5 aromatic rings. The number of carboxylic acid groups (broad SMARTS) is 1. The van der Waals surface area contributed by atoms with Crippen molar-refractivity contribution < 1.29 is 97.3 Å². The van der Waals surface area contributed by atoms with E-state index in [1.807, 2.05) is 0 Å². The second-order valence-electron chi connectivity index (χ2n) is 26.4. The molecule has 106 heavy (non-hydrogen) atoms. The van der Waals surface area contributed by atoms with Gasteiger partial charge in [0.2, 0.25) is 65.3 Å². The highest BCUT2D eigenvalue weighted by atomic mass is 16.5. The Balaban J connectivity index is 1.29. The number of ether oxygens (including phenoxy) is 2. The molecule has 0 bridgehead atoms. The summed E-state index contributed by atoms with van der Waals surface area (Å²) in [5, 5.41) is 81.5. The Morgan fingerprint density at radius 1 is 0.642 bits per heavy atom. The highest BCUT2D eigenvalue weighted by Crippen LogP contribution is 2.28. The average molecular weight is 1470 g/mol. The van der Waals surface area contributed by atoms with Crippen LogP contribution in [0.4, 0.5) is 0 Å². The number of fused-ring (bicyclic) bond motifs is 2. The molecule has 0 spiro atoms. The van der Waals surface area contributed by atoms with E-state index in [1.165, 1.54) is 81.8 Å². The van der Waals surface area contributed by atoms with E-state index in [4.69, 9.17) is 9.47 Å². The monoisotopic (exact) mass is 1470 g/mol. The van der Waals surface area contributed by atoms with E-state index >= 15 is 4.79 Å². The summed E-state index contributed by atoms with van der Waals surface area (Å²) < 4.78 is 11.1. The molecule has 32 nitrogen and oxygen atoms in total. The van der Waals surface area contributed by atoms with Crippen LogP contribution in [0.15, 0.2) is 121 Å². The number of aliphatic hydroxyl groups is 4. The van der Waals surface area contributed by atoms with Crippen LogP contribution >= 0.6 is 0 Å². The normalized spacial score (nSPS) is 24.6. The Morgan fingerprint density at radius 3 is 1.90 bits per heavy atom. The number of aromatic nitrogens is 1. The van der Waals surface area contributed by atoms with Crippen molar-refractivity contribution in [3.8, 4) is 5.75 Å². The first kappa shape index (κ1) is 81.9. The van der Waals surface area contributed by atoms with E-state index in [-0.39, 0.29) is 36.9 Å². The third-order valence-electron chi connectivity index (χ3n) is 17.7. The van der Waals surface area contributed by atoms with Crippen molar-refractivity contribution in [2.75, 3.05) is 20.2 Å². The van der Waals surface area contributed by atoms with E-state index in [1.54, 1.807) is 87.5 Å². The van der Waals surface area contributed by atoms with E-state index in [9.17, 15) is 83.1 Å². The summed E-state index contributed by atoms with van der Waals surface area (Å²) in [6.45, 7) is 9.08. The molecular formula is C74H92N12O20. The second kappa shape index (κ2) is 38.4. The molecule has 32 heteroatoms. The molecule has 3 heterocycles. The second-order valence-corrected chi connectivity index (χ2v) is 26.4. The molecule has 11 amide bonds. The topological polar surface area (TPSA) is 481 Å². The number of para-hydroxylation sites is 1. The average Bonchev–Trinajstić information content (AvgIpc) is 1.83. The van der Waals surface area contributed by atoms with Crippen LogP contribution < -0.4 is 57.9 Å². The number of cyclic esters (lactones) is 1. The summed E-state index contributed by atoms with van der Waals surface area (Å²) in [6, 6.07) is 10.3. The molecule has 0 aliphatic carbocycles. The minimum Gasteiger partial charge on any atom is -0.497 e. The number of hydrogen-bond acceptors (Lipinski definition) is 19. The van der Waals surface area contributed by atoms with Gasteiger partial charge in [-0.2, -0.15) is 0 Å². The van der Waals surface area contributed by atoms with Crippen LogP contribution in [0.2, 0.25) is 0 Å². The van der Waals surface area contributed by atoms with Crippen LogP contribution in [0.1, 0.15) is 114 Å². The lowest BCUT2D eigenvalue weighted by Gasteiger charge is -2.33. The van der Waals surface area contributed by atoms with Crippen molar-refractivity contribution >= 4 is 100.0 Å². The van der Waals surface area contributed by atoms with Gasteiger partial charge >= 0.3 is 11.9 Å². The summed E-state index contributed by atoms with van der Waals surface area (Å²) in [5.74, 6) is -16.9. The maximum atomic E-state index is 15.1. The molecule has 2 aliphatic heterocycles. The van der Waals surface area contributed by atoms with Gasteiger partial charge in [0.05, 0.1) is 26.2 Å². The summed E-state index contributed by atoms with van der Waals surface area (Å²) in [6.07, 6.45) is -4.04. The first-order valence-corrected chi connectivity index (χ1v) is 34.5.